The largest absolute Gasteiger partial charge is 0.416 e. The maximum atomic E-state index is 13.8. The number of fused-ring (bicyclic) bond motifs is 1. The van der Waals surface area contributed by atoms with E-state index in [-0.39, 0.29) is 23.8 Å². The minimum atomic E-state index is 0.0372. The lowest BCUT2D eigenvalue weighted by Gasteiger charge is -2.38. The zero-order valence-electron chi connectivity index (χ0n) is 23.1. The first-order valence-corrected chi connectivity index (χ1v) is 14.3. The molecule has 0 aliphatic carbocycles. The van der Waals surface area contributed by atoms with Gasteiger partial charge in [0.25, 0.3) is 5.91 Å². The molecule has 1 aliphatic heterocycles. The smallest absolute Gasteiger partial charge is 0.254 e. The molecule has 2 atom stereocenters. The van der Waals surface area contributed by atoms with E-state index >= 15 is 0 Å². The van der Waals surface area contributed by atoms with Crippen molar-refractivity contribution in [3.05, 3.63) is 87.7 Å². The minimum absolute atomic E-state index is 0.0372. The van der Waals surface area contributed by atoms with Crippen LogP contribution in [0.2, 0.25) is 10.0 Å². The van der Waals surface area contributed by atoms with Gasteiger partial charge in [-0.1, -0.05) is 42.3 Å². The van der Waals surface area contributed by atoms with Gasteiger partial charge >= 0.3 is 0 Å². The zero-order valence-corrected chi connectivity index (χ0v) is 24.7. The van der Waals surface area contributed by atoms with Crippen LogP contribution in [0.3, 0.4) is 0 Å². The van der Waals surface area contributed by atoms with E-state index in [1.807, 2.05) is 53.4 Å². The molecule has 5 rings (SSSR count). The highest BCUT2D eigenvalue weighted by Crippen LogP contribution is 2.35. The van der Waals surface area contributed by atoms with Gasteiger partial charge in [-0.05, 0) is 86.7 Å². The average molecular weight is 579 g/mol. The van der Waals surface area contributed by atoms with Crippen molar-refractivity contribution in [2.24, 2.45) is 11.8 Å². The van der Waals surface area contributed by atoms with Gasteiger partial charge in [0.2, 0.25) is 11.8 Å². The second-order valence-corrected chi connectivity index (χ2v) is 11.7. The lowest BCUT2D eigenvalue weighted by atomic mass is 9.81. The third-order valence-electron chi connectivity index (χ3n) is 7.61. The van der Waals surface area contributed by atoms with Crippen molar-refractivity contribution in [1.29, 1.82) is 0 Å². The summed E-state index contributed by atoms with van der Waals surface area (Å²) >= 11 is 12.4. The first-order chi connectivity index (χ1) is 19.2. The van der Waals surface area contributed by atoms with Crippen LogP contribution >= 0.6 is 23.2 Å². The van der Waals surface area contributed by atoms with E-state index in [1.54, 1.807) is 12.4 Å². The van der Waals surface area contributed by atoms with Crippen LogP contribution in [-0.2, 0) is 13.0 Å². The SMILES string of the molecule is CC1CN(C(C)C)C(=O)c2cccc(-c3nnc(-c4ccncc4)o3)c2CC1CN(C)Cc1ccc(Cl)c(Cl)c1. The van der Waals surface area contributed by atoms with Crippen molar-refractivity contribution < 1.29 is 9.21 Å². The Morgan fingerprint density at radius 1 is 1.02 bits per heavy atom. The highest BCUT2D eigenvalue weighted by atomic mass is 35.5. The van der Waals surface area contributed by atoms with Crippen LogP contribution in [-0.4, -0.2) is 57.1 Å². The number of aromatic nitrogens is 3. The summed E-state index contributed by atoms with van der Waals surface area (Å²) in [6, 6.07) is 15.3. The molecule has 9 heteroatoms. The number of rotatable bonds is 7. The lowest BCUT2D eigenvalue weighted by Crippen LogP contribution is -2.45. The molecule has 1 amide bonds. The Morgan fingerprint density at radius 2 is 1.75 bits per heavy atom. The van der Waals surface area contributed by atoms with Gasteiger partial charge in [-0.2, -0.15) is 0 Å². The summed E-state index contributed by atoms with van der Waals surface area (Å²) in [6.07, 6.45) is 4.09. The Bertz CT molecular complexity index is 1490. The molecule has 1 aliphatic rings. The number of carbonyl (C=O) groups excluding carboxylic acids is 1. The summed E-state index contributed by atoms with van der Waals surface area (Å²) in [4.78, 5) is 22.2. The van der Waals surface area contributed by atoms with Gasteiger partial charge < -0.3 is 14.2 Å². The normalized spacial score (nSPS) is 17.7. The summed E-state index contributed by atoms with van der Waals surface area (Å²) in [5.41, 5.74) is 4.34. The predicted octanol–water partition coefficient (Wildman–Crippen LogP) is 6.90. The van der Waals surface area contributed by atoms with Crippen LogP contribution in [0, 0.1) is 11.8 Å². The first-order valence-electron chi connectivity index (χ1n) is 13.5. The molecule has 7 nitrogen and oxygen atoms in total. The van der Waals surface area contributed by atoms with E-state index in [9.17, 15) is 4.79 Å². The summed E-state index contributed by atoms with van der Waals surface area (Å²) in [5.74, 6) is 1.39. The van der Waals surface area contributed by atoms with E-state index < -0.39 is 0 Å². The van der Waals surface area contributed by atoms with Crippen LogP contribution < -0.4 is 0 Å². The van der Waals surface area contributed by atoms with Crippen molar-refractivity contribution in [2.45, 2.75) is 39.8 Å². The summed E-state index contributed by atoms with van der Waals surface area (Å²) in [6.45, 7) is 8.64. The second kappa shape index (κ2) is 12.1. The molecule has 4 aromatic rings. The Kier molecular flexibility index (Phi) is 8.54. The molecule has 0 N–H and O–H groups in total. The molecule has 2 aromatic carbocycles. The predicted molar refractivity (Wildman–Crippen MR) is 158 cm³/mol. The second-order valence-electron chi connectivity index (χ2n) is 10.9. The number of hydrogen-bond donors (Lipinski definition) is 0. The standard InChI is InChI=1S/C31H33Cl2N5O2/c1-19(2)38-16-20(3)23(18-37(4)17-21-8-9-27(32)28(33)14-21)15-26-24(6-5-7-25(26)31(38)39)30-36-35-29(40-30)22-10-12-34-13-11-22/h5-14,19-20,23H,15-18H2,1-4H3. The fourth-order valence-corrected chi connectivity index (χ4v) is 5.74. The van der Waals surface area contributed by atoms with E-state index in [2.05, 4.69) is 47.9 Å². The number of halogens is 2. The number of hydrogen-bond acceptors (Lipinski definition) is 6. The maximum Gasteiger partial charge on any atom is 0.254 e. The molecule has 2 unspecified atom stereocenters. The monoisotopic (exact) mass is 577 g/mol. The van der Waals surface area contributed by atoms with E-state index in [1.165, 1.54) is 0 Å². The highest BCUT2D eigenvalue weighted by molar-refractivity contribution is 6.42. The van der Waals surface area contributed by atoms with Crippen LogP contribution in [0.1, 0.15) is 42.3 Å². The quantitative estimate of drug-likeness (QED) is 0.238. The first kappa shape index (κ1) is 28.3. The maximum absolute atomic E-state index is 13.8. The van der Waals surface area contributed by atoms with Gasteiger partial charge in [0.05, 0.1) is 10.0 Å². The van der Waals surface area contributed by atoms with Crippen molar-refractivity contribution >= 4 is 29.1 Å². The van der Waals surface area contributed by atoms with E-state index in [0.29, 0.717) is 40.4 Å². The Hall–Kier alpha value is -3.26. The summed E-state index contributed by atoms with van der Waals surface area (Å²) in [7, 11) is 2.12. The summed E-state index contributed by atoms with van der Waals surface area (Å²) in [5, 5.41) is 9.79. The van der Waals surface area contributed by atoms with Crippen LogP contribution in [0.25, 0.3) is 22.9 Å². The number of carbonyl (C=O) groups is 1. The lowest BCUT2D eigenvalue weighted by molar-refractivity contribution is 0.0622. The van der Waals surface area contributed by atoms with Gasteiger partial charge in [-0.15, -0.1) is 10.2 Å². The fraction of sp³-hybridized carbons (Fsp3) is 0.355. The fourth-order valence-electron chi connectivity index (χ4n) is 5.42. The van der Waals surface area contributed by atoms with Gasteiger partial charge in [0.15, 0.2) is 0 Å². The average Bonchev–Trinajstić information content (AvgIpc) is 3.43. The van der Waals surface area contributed by atoms with Gasteiger partial charge in [0.1, 0.15) is 0 Å². The van der Waals surface area contributed by atoms with Crippen molar-refractivity contribution in [3.8, 4) is 22.9 Å². The zero-order chi connectivity index (χ0) is 28.4. The van der Waals surface area contributed by atoms with Crippen molar-refractivity contribution in [1.82, 2.24) is 25.0 Å². The van der Waals surface area contributed by atoms with E-state index in [4.69, 9.17) is 27.6 Å². The molecule has 0 saturated heterocycles. The molecule has 2 aromatic heterocycles. The molecule has 40 heavy (non-hydrogen) atoms. The molecular weight excluding hydrogens is 545 g/mol. The van der Waals surface area contributed by atoms with Crippen LogP contribution in [0.5, 0.6) is 0 Å². The third kappa shape index (κ3) is 6.07. The molecule has 0 spiro atoms. The van der Waals surface area contributed by atoms with Crippen molar-refractivity contribution in [3.63, 3.8) is 0 Å². The third-order valence-corrected chi connectivity index (χ3v) is 8.35. The van der Waals surface area contributed by atoms with Gasteiger partial charge in [-0.3, -0.25) is 9.78 Å². The highest BCUT2D eigenvalue weighted by Gasteiger charge is 2.33. The Labute approximate surface area is 245 Å². The number of nitrogens with zero attached hydrogens (tertiary/aromatic N) is 5. The van der Waals surface area contributed by atoms with E-state index in [0.717, 1.165) is 35.3 Å². The van der Waals surface area contributed by atoms with Crippen LogP contribution in [0.15, 0.2) is 65.3 Å². The number of amides is 1. The Balaban J connectivity index is 1.50. The van der Waals surface area contributed by atoms with Gasteiger partial charge in [-0.25, -0.2) is 0 Å². The number of pyridine rings is 1. The van der Waals surface area contributed by atoms with Crippen LogP contribution in [0.4, 0.5) is 0 Å². The molecule has 3 heterocycles. The summed E-state index contributed by atoms with van der Waals surface area (Å²) < 4.78 is 6.14. The Morgan fingerprint density at radius 3 is 2.48 bits per heavy atom. The topological polar surface area (TPSA) is 75.4 Å². The molecule has 0 radical (unpaired) electrons. The molecule has 0 fully saturated rings. The minimum Gasteiger partial charge on any atom is -0.416 e. The molecule has 0 bridgehead atoms. The molecule has 0 saturated carbocycles. The van der Waals surface area contributed by atoms with Gasteiger partial charge in [0, 0.05) is 54.8 Å². The number of benzene rings is 2. The molecular formula is C31H33Cl2N5O2. The van der Waals surface area contributed by atoms with Crippen molar-refractivity contribution in [2.75, 3.05) is 20.1 Å². The molecule has 208 valence electrons.